The Kier molecular flexibility index (Phi) is 15.4. The van der Waals surface area contributed by atoms with E-state index >= 15 is 0 Å². The van der Waals surface area contributed by atoms with E-state index < -0.39 is 23.6 Å². The van der Waals surface area contributed by atoms with Gasteiger partial charge >= 0.3 is 0 Å². The number of imidazole rings is 1. The first-order chi connectivity index (χ1) is 34.4. The smallest absolute Gasteiger partial charge is 0.246 e. The number of amides is 3. The Morgan fingerprint density at radius 2 is 1.64 bits per heavy atom. The van der Waals surface area contributed by atoms with E-state index in [0.29, 0.717) is 41.0 Å². The molecule has 0 bridgehead atoms. The predicted molar refractivity (Wildman–Crippen MR) is 285 cm³/mol. The number of thiazole rings is 1. The van der Waals surface area contributed by atoms with Crippen LogP contribution >= 0.6 is 22.9 Å². The first-order valence-electron chi connectivity index (χ1n) is 25.8. The Bertz CT molecular complexity index is 2750. The number of aliphatic hydroxyl groups is 1. The third-order valence-corrected chi connectivity index (χ3v) is 16.5. The summed E-state index contributed by atoms with van der Waals surface area (Å²) in [6, 6.07) is 13.9. The van der Waals surface area contributed by atoms with Crippen molar-refractivity contribution in [3.63, 3.8) is 0 Å². The summed E-state index contributed by atoms with van der Waals surface area (Å²) in [4.78, 5) is 60.9. The molecular formula is C55H72ClFN10O4S. The van der Waals surface area contributed by atoms with Gasteiger partial charge in [0.15, 0.2) is 0 Å². The molecule has 5 aromatic rings. The van der Waals surface area contributed by atoms with Crippen LogP contribution in [0.15, 0.2) is 54.0 Å². The summed E-state index contributed by atoms with van der Waals surface area (Å²) in [5.74, 6) is -0.100. The molecule has 386 valence electrons. The Labute approximate surface area is 432 Å². The van der Waals surface area contributed by atoms with Crippen molar-refractivity contribution in [1.82, 2.24) is 40.3 Å². The lowest BCUT2D eigenvalue weighted by Gasteiger charge is -2.56. The number of hydrogen-bond donors (Lipinski definition) is 4. The van der Waals surface area contributed by atoms with Crippen LogP contribution in [0.2, 0.25) is 5.02 Å². The topological polar surface area (TPSA) is 151 Å². The van der Waals surface area contributed by atoms with Crippen LogP contribution < -0.4 is 25.8 Å². The van der Waals surface area contributed by atoms with E-state index in [2.05, 4.69) is 46.3 Å². The lowest BCUT2D eigenvalue weighted by molar-refractivity contribution is -0.144. The van der Waals surface area contributed by atoms with Crippen LogP contribution in [-0.2, 0) is 20.9 Å². The minimum Gasteiger partial charge on any atom is -0.391 e. The number of aliphatic hydroxyl groups excluding tert-OH is 1. The third kappa shape index (κ3) is 11.2. The maximum atomic E-state index is 14.7. The van der Waals surface area contributed by atoms with Gasteiger partial charge in [0, 0.05) is 82.2 Å². The fourth-order valence-corrected chi connectivity index (χ4v) is 12.2. The molecule has 4 unspecified atom stereocenters. The predicted octanol–water partition coefficient (Wildman–Crippen LogP) is 7.78. The molecule has 4 aliphatic rings. The zero-order valence-corrected chi connectivity index (χ0v) is 44.6. The van der Waals surface area contributed by atoms with Gasteiger partial charge in [-0.3, -0.25) is 19.3 Å². The minimum absolute atomic E-state index is 0.0275. The molecule has 9 rings (SSSR count). The van der Waals surface area contributed by atoms with Gasteiger partial charge in [-0.2, -0.15) is 0 Å². The van der Waals surface area contributed by atoms with Gasteiger partial charge in [0.05, 0.1) is 46.0 Å². The number of unbranched alkanes of at least 4 members (excludes halogenated alkanes) is 3. The highest BCUT2D eigenvalue weighted by atomic mass is 35.5. The summed E-state index contributed by atoms with van der Waals surface area (Å²) in [6.45, 7) is 22.4. The zero-order valence-electron chi connectivity index (χ0n) is 43.0. The molecule has 4 aliphatic heterocycles. The molecule has 14 nitrogen and oxygen atoms in total. The molecule has 4 fully saturated rings. The van der Waals surface area contributed by atoms with Crippen LogP contribution in [0.25, 0.3) is 21.5 Å². The average Bonchev–Trinajstić information content (AvgIpc) is 4.03. The van der Waals surface area contributed by atoms with Crippen molar-refractivity contribution in [2.75, 3.05) is 75.2 Å². The van der Waals surface area contributed by atoms with Crippen LogP contribution in [0, 0.1) is 37.4 Å². The fraction of sp³-hybridized carbons (Fsp3) is 0.545. The number of carbonyl (C=O) groups excluding carboxylic acids is 3. The molecule has 4 saturated heterocycles. The SMILES string of the molecule is Cc1cc(Cn2c(N3CC4(CNC4)C3)nc3c(N4CCN(CCCCCCC(=O)NC(C(=O)N5CC(O)CC5C(=O)NC(C)c5ccc(-c6scnc6C)cc5)C(C)(C)C)CC4)cc(Cl)cc32)cc(C)c1F. The first kappa shape index (κ1) is 51.8. The summed E-state index contributed by atoms with van der Waals surface area (Å²) in [5, 5.41) is 20.9. The second kappa shape index (κ2) is 21.4. The second-order valence-electron chi connectivity index (χ2n) is 22.2. The third-order valence-electron chi connectivity index (χ3n) is 15.4. The van der Waals surface area contributed by atoms with Gasteiger partial charge in [-0.05, 0) is 92.4 Å². The van der Waals surface area contributed by atoms with Crippen molar-refractivity contribution in [2.45, 2.75) is 118 Å². The summed E-state index contributed by atoms with van der Waals surface area (Å²) in [7, 11) is 0. The van der Waals surface area contributed by atoms with E-state index in [9.17, 15) is 23.9 Å². The molecule has 0 radical (unpaired) electrons. The van der Waals surface area contributed by atoms with E-state index in [1.165, 1.54) is 4.90 Å². The Morgan fingerprint density at radius 3 is 2.28 bits per heavy atom. The standard InChI is InChI=1S/C55H72ClFN10O4S/c1-34-22-38(23-35(2)47(34)57)27-67-44-25-41(56)24-43(48(44)62-53(67)65-31-55(32-65)29-58-30-55)64-20-18-63(19-21-64)17-11-9-8-10-12-46(69)61-50(54(5,6)7)52(71)66-28-42(68)26-45(66)51(70)60-36(3)39-13-15-40(16-14-39)49-37(4)59-33-72-49/h13-16,22-25,33,36,42,45,50,58,68H,8-12,17-21,26-32H2,1-7H3,(H,60,70)(H,61,69). The number of likely N-dealkylation sites (tertiary alicyclic amines) is 1. The lowest BCUT2D eigenvalue weighted by Crippen LogP contribution is -2.71. The molecule has 4 atom stereocenters. The highest BCUT2D eigenvalue weighted by Gasteiger charge is 2.49. The Balaban J connectivity index is 0.740. The van der Waals surface area contributed by atoms with Crippen molar-refractivity contribution < 1.29 is 23.9 Å². The molecule has 3 amide bonds. The number of hydrogen-bond acceptors (Lipinski definition) is 11. The van der Waals surface area contributed by atoms with Gasteiger partial charge in [0.25, 0.3) is 0 Å². The van der Waals surface area contributed by atoms with Crippen molar-refractivity contribution in [3.8, 4) is 10.4 Å². The molecule has 1 spiro atoms. The number of aromatic nitrogens is 3. The number of carbonyl (C=O) groups is 3. The van der Waals surface area contributed by atoms with Crippen LogP contribution in [-0.4, -0.2) is 131 Å². The molecule has 0 saturated carbocycles. The van der Waals surface area contributed by atoms with E-state index in [4.69, 9.17) is 16.6 Å². The normalized spacial score (nSPS) is 19.9. The number of β-amino-alcohol motifs (C(OH)–C–C–N with tert-alkyl or cyclic N) is 1. The monoisotopic (exact) mass is 1020 g/mol. The van der Waals surface area contributed by atoms with Crippen molar-refractivity contribution in [1.29, 1.82) is 0 Å². The van der Waals surface area contributed by atoms with Crippen molar-refractivity contribution >= 4 is 63.3 Å². The largest absolute Gasteiger partial charge is 0.391 e. The van der Waals surface area contributed by atoms with Gasteiger partial charge in [0.2, 0.25) is 23.7 Å². The first-order valence-corrected chi connectivity index (χ1v) is 27.1. The highest BCUT2D eigenvalue weighted by molar-refractivity contribution is 7.13. The van der Waals surface area contributed by atoms with Gasteiger partial charge in [-0.1, -0.05) is 81.6 Å². The molecule has 0 aliphatic carbocycles. The number of nitrogens with one attached hydrogen (secondary N) is 3. The van der Waals surface area contributed by atoms with Crippen LogP contribution in [0.5, 0.6) is 0 Å². The van der Waals surface area contributed by atoms with Crippen LogP contribution in [0.3, 0.4) is 0 Å². The minimum atomic E-state index is -0.863. The second-order valence-corrected chi connectivity index (χ2v) is 23.5. The summed E-state index contributed by atoms with van der Waals surface area (Å²) >= 11 is 8.49. The summed E-state index contributed by atoms with van der Waals surface area (Å²) in [6.07, 6.45) is 3.19. The van der Waals surface area contributed by atoms with E-state index in [1.807, 2.05) is 96.4 Å². The highest BCUT2D eigenvalue weighted by Crippen LogP contribution is 2.41. The molecular weight excluding hydrogens is 951 g/mol. The number of fused-ring (bicyclic) bond motifs is 1. The lowest BCUT2D eigenvalue weighted by atomic mass is 9.75. The Hall–Kier alpha value is -5.13. The Morgan fingerprint density at radius 1 is 0.944 bits per heavy atom. The number of piperazine rings is 1. The van der Waals surface area contributed by atoms with E-state index in [-0.39, 0.29) is 42.5 Å². The van der Waals surface area contributed by atoms with E-state index in [1.54, 1.807) is 11.3 Å². The number of benzene rings is 3. The summed E-state index contributed by atoms with van der Waals surface area (Å²) in [5.41, 5.74) is 9.79. The number of anilines is 2. The number of aryl methyl sites for hydroxylation is 3. The van der Waals surface area contributed by atoms with Crippen molar-refractivity contribution in [2.24, 2.45) is 10.8 Å². The van der Waals surface area contributed by atoms with Gasteiger partial charge in [-0.15, -0.1) is 11.3 Å². The van der Waals surface area contributed by atoms with Gasteiger partial charge < -0.3 is 40.3 Å². The van der Waals surface area contributed by atoms with E-state index in [0.717, 1.165) is 128 Å². The maximum Gasteiger partial charge on any atom is 0.246 e. The quantitative estimate of drug-likeness (QED) is 0.0681. The average molecular weight is 1020 g/mol. The molecule has 2 aromatic heterocycles. The number of halogens is 2. The summed E-state index contributed by atoms with van der Waals surface area (Å²) < 4.78 is 16.9. The molecule has 3 aromatic carbocycles. The maximum absolute atomic E-state index is 14.7. The molecule has 72 heavy (non-hydrogen) atoms. The molecule has 4 N–H and O–H groups in total. The van der Waals surface area contributed by atoms with Crippen molar-refractivity contribution in [3.05, 3.63) is 92.8 Å². The van der Waals surface area contributed by atoms with Crippen LogP contribution in [0.1, 0.15) is 100 Å². The molecule has 6 heterocycles. The number of rotatable bonds is 17. The molecule has 17 heteroatoms. The van der Waals surface area contributed by atoms with Crippen LogP contribution in [0.4, 0.5) is 16.0 Å². The van der Waals surface area contributed by atoms with Gasteiger partial charge in [-0.25, -0.2) is 14.4 Å². The number of nitrogens with zero attached hydrogens (tertiary/aromatic N) is 7. The zero-order chi connectivity index (χ0) is 51.1. The fourth-order valence-electron chi connectivity index (χ4n) is 11.1. The van der Waals surface area contributed by atoms with Gasteiger partial charge in [0.1, 0.15) is 23.4 Å².